The van der Waals surface area contributed by atoms with Crippen molar-refractivity contribution < 1.29 is 4.39 Å². The Morgan fingerprint density at radius 2 is 2.28 bits per heavy atom. The van der Waals surface area contributed by atoms with Gasteiger partial charge in [-0.25, -0.2) is 4.39 Å². The highest BCUT2D eigenvalue weighted by Crippen LogP contribution is 2.19. The molecule has 1 fully saturated rings. The van der Waals surface area contributed by atoms with Gasteiger partial charge in [0.1, 0.15) is 5.82 Å². The lowest BCUT2D eigenvalue weighted by Crippen LogP contribution is -2.36. The highest BCUT2D eigenvalue weighted by atomic mass is 35.5. The molecule has 0 spiro atoms. The van der Waals surface area contributed by atoms with Gasteiger partial charge in [-0.15, -0.1) is 0 Å². The van der Waals surface area contributed by atoms with E-state index in [0.717, 1.165) is 25.2 Å². The van der Waals surface area contributed by atoms with Gasteiger partial charge in [0.2, 0.25) is 0 Å². The molecule has 1 aromatic carbocycles. The molecule has 2 rings (SSSR count). The Morgan fingerprint density at radius 3 is 2.94 bits per heavy atom. The van der Waals surface area contributed by atoms with E-state index in [1.807, 2.05) is 6.07 Å². The molecule has 1 unspecified atom stereocenters. The van der Waals surface area contributed by atoms with Crippen LogP contribution in [-0.2, 0) is 6.54 Å². The van der Waals surface area contributed by atoms with Gasteiger partial charge in [0.15, 0.2) is 0 Å². The first kappa shape index (κ1) is 13.8. The Balaban J connectivity index is 1.89. The van der Waals surface area contributed by atoms with Gasteiger partial charge in [0.05, 0.1) is 5.02 Å². The highest BCUT2D eigenvalue weighted by Gasteiger charge is 2.22. The summed E-state index contributed by atoms with van der Waals surface area (Å²) >= 11 is 5.79. The summed E-state index contributed by atoms with van der Waals surface area (Å²) in [5.74, 6) is -0.346. The fourth-order valence-corrected chi connectivity index (χ4v) is 2.68. The summed E-state index contributed by atoms with van der Waals surface area (Å²) in [6.07, 6.45) is 1.17. The number of halogens is 2. The van der Waals surface area contributed by atoms with Crippen LogP contribution in [0.1, 0.15) is 25.8 Å². The predicted octanol–water partition coefficient (Wildman–Crippen LogP) is 3.05. The molecule has 0 saturated carbocycles. The molecule has 1 N–H and O–H groups in total. The van der Waals surface area contributed by atoms with E-state index >= 15 is 0 Å². The smallest absolute Gasteiger partial charge is 0.141 e. The SMILES string of the molecule is CC(C)NC1CCN(Cc2ccc(F)c(Cl)c2)C1. The summed E-state index contributed by atoms with van der Waals surface area (Å²) in [6.45, 7) is 7.31. The quantitative estimate of drug-likeness (QED) is 0.905. The maximum absolute atomic E-state index is 13.1. The van der Waals surface area contributed by atoms with E-state index in [4.69, 9.17) is 11.6 Å². The van der Waals surface area contributed by atoms with Crippen molar-refractivity contribution in [3.05, 3.63) is 34.6 Å². The number of rotatable bonds is 4. The minimum atomic E-state index is -0.346. The van der Waals surface area contributed by atoms with Gasteiger partial charge < -0.3 is 5.32 Å². The van der Waals surface area contributed by atoms with Crippen LogP contribution in [0, 0.1) is 5.82 Å². The normalized spacial score (nSPS) is 20.8. The minimum absolute atomic E-state index is 0.212. The summed E-state index contributed by atoms with van der Waals surface area (Å²) in [5.41, 5.74) is 1.08. The second-order valence-corrected chi connectivity index (χ2v) is 5.70. The predicted molar refractivity (Wildman–Crippen MR) is 73.4 cm³/mol. The number of benzene rings is 1. The molecule has 2 nitrogen and oxygen atoms in total. The fourth-order valence-electron chi connectivity index (χ4n) is 2.48. The van der Waals surface area contributed by atoms with E-state index in [9.17, 15) is 4.39 Å². The maximum Gasteiger partial charge on any atom is 0.141 e. The molecule has 1 atom stereocenters. The Morgan fingerprint density at radius 1 is 1.50 bits per heavy atom. The summed E-state index contributed by atoms with van der Waals surface area (Å²) < 4.78 is 13.1. The third-order valence-corrected chi connectivity index (χ3v) is 3.52. The number of nitrogens with one attached hydrogen (secondary N) is 1. The monoisotopic (exact) mass is 270 g/mol. The molecule has 0 amide bonds. The number of hydrogen-bond donors (Lipinski definition) is 1. The molecule has 1 aliphatic rings. The second kappa shape index (κ2) is 6.00. The van der Waals surface area contributed by atoms with E-state index in [0.29, 0.717) is 12.1 Å². The first-order valence-corrected chi connectivity index (χ1v) is 6.84. The zero-order valence-corrected chi connectivity index (χ0v) is 11.7. The summed E-state index contributed by atoms with van der Waals surface area (Å²) in [6, 6.07) is 6.07. The standard InChI is InChI=1S/C14H20ClFN2/c1-10(2)17-12-5-6-18(9-12)8-11-3-4-14(16)13(15)7-11/h3-4,7,10,12,17H,5-6,8-9H2,1-2H3. The van der Waals surface area contributed by atoms with Gasteiger partial charge in [-0.05, 0) is 24.1 Å². The van der Waals surface area contributed by atoms with Crippen LogP contribution >= 0.6 is 11.6 Å². The molecule has 0 bridgehead atoms. The van der Waals surface area contributed by atoms with E-state index in [2.05, 4.69) is 24.1 Å². The lowest BCUT2D eigenvalue weighted by molar-refractivity contribution is 0.317. The Labute approximate surface area is 113 Å². The summed E-state index contributed by atoms with van der Waals surface area (Å²) in [7, 11) is 0. The average molecular weight is 271 g/mol. The Bertz CT molecular complexity index is 409. The van der Waals surface area contributed by atoms with E-state index in [1.54, 1.807) is 6.07 Å². The van der Waals surface area contributed by atoms with Crippen molar-refractivity contribution in [1.29, 1.82) is 0 Å². The molecule has 0 aliphatic carbocycles. The molecular formula is C14H20ClFN2. The molecular weight excluding hydrogens is 251 g/mol. The van der Waals surface area contributed by atoms with E-state index in [1.165, 1.54) is 12.5 Å². The molecule has 1 saturated heterocycles. The lowest BCUT2D eigenvalue weighted by Gasteiger charge is -2.18. The van der Waals surface area contributed by atoms with Crippen LogP contribution in [0.15, 0.2) is 18.2 Å². The summed E-state index contributed by atoms with van der Waals surface area (Å²) in [5, 5.41) is 3.76. The Kier molecular flexibility index (Phi) is 4.60. The van der Waals surface area contributed by atoms with Crippen molar-refractivity contribution in [2.45, 2.75) is 38.9 Å². The van der Waals surface area contributed by atoms with E-state index < -0.39 is 0 Å². The third kappa shape index (κ3) is 3.67. The first-order chi connectivity index (χ1) is 8.54. The molecule has 0 aromatic heterocycles. The fraction of sp³-hybridized carbons (Fsp3) is 0.571. The van der Waals surface area contributed by atoms with Gasteiger partial charge in [0, 0.05) is 31.7 Å². The van der Waals surface area contributed by atoms with Crippen molar-refractivity contribution in [3.8, 4) is 0 Å². The topological polar surface area (TPSA) is 15.3 Å². The van der Waals surface area contributed by atoms with E-state index in [-0.39, 0.29) is 10.8 Å². The molecule has 100 valence electrons. The van der Waals surface area contributed by atoms with Gasteiger partial charge in [-0.3, -0.25) is 4.90 Å². The van der Waals surface area contributed by atoms with Gasteiger partial charge in [0.25, 0.3) is 0 Å². The van der Waals surface area contributed by atoms with Crippen LogP contribution in [0.3, 0.4) is 0 Å². The minimum Gasteiger partial charge on any atom is -0.310 e. The largest absolute Gasteiger partial charge is 0.310 e. The molecule has 1 heterocycles. The van der Waals surface area contributed by atoms with Crippen LogP contribution in [0.5, 0.6) is 0 Å². The van der Waals surface area contributed by atoms with Gasteiger partial charge in [-0.1, -0.05) is 31.5 Å². The van der Waals surface area contributed by atoms with Crippen LogP contribution in [0.4, 0.5) is 4.39 Å². The molecule has 4 heteroatoms. The molecule has 1 aliphatic heterocycles. The highest BCUT2D eigenvalue weighted by molar-refractivity contribution is 6.30. The molecule has 0 radical (unpaired) electrons. The van der Waals surface area contributed by atoms with Crippen molar-refractivity contribution in [2.24, 2.45) is 0 Å². The van der Waals surface area contributed by atoms with Crippen LogP contribution in [-0.4, -0.2) is 30.1 Å². The Hall–Kier alpha value is -0.640. The number of nitrogens with zero attached hydrogens (tertiary/aromatic N) is 1. The zero-order chi connectivity index (χ0) is 13.1. The van der Waals surface area contributed by atoms with Crippen LogP contribution < -0.4 is 5.32 Å². The van der Waals surface area contributed by atoms with Crippen molar-refractivity contribution in [1.82, 2.24) is 10.2 Å². The third-order valence-electron chi connectivity index (χ3n) is 3.23. The maximum atomic E-state index is 13.1. The van der Waals surface area contributed by atoms with Crippen LogP contribution in [0.2, 0.25) is 5.02 Å². The molecule has 18 heavy (non-hydrogen) atoms. The second-order valence-electron chi connectivity index (χ2n) is 5.29. The van der Waals surface area contributed by atoms with Crippen molar-refractivity contribution in [2.75, 3.05) is 13.1 Å². The van der Waals surface area contributed by atoms with Crippen molar-refractivity contribution >= 4 is 11.6 Å². The first-order valence-electron chi connectivity index (χ1n) is 6.47. The average Bonchev–Trinajstić information content (AvgIpc) is 2.70. The summed E-state index contributed by atoms with van der Waals surface area (Å²) in [4.78, 5) is 2.38. The number of hydrogen-bond acceptors (Lipinski definition) is 2. The molecule has 1 aromatic rings. The van der Waals surface area contributed by atoms with Gasteiger partial charge in [-0.2, -0.15) is 0 Å². The van der Waals surface area contributed by atoms with Crippen molar-refractivity contribution in [3.63, 3.8) is 0 Å². The lowest BCUT2D eigenvalue weighted by atomic mass is 10.2. The van der Waals surface area contributed by atoms with Gasteiger partial charge >= 0.3 is 0 Å². The number of likely N-dealkylation sites (tertiary alicyclic amines) is 1. The zero-order valence-electron chi connectivity index (χ0n) is 10.9. The van der Waals surface area contributed by atoms with Crippen LogP contribution in [0.25, 0.3) is 0 Å².